The van der Waals surface area contributed by atoms with E-state index in [0.29, 0.717) is 5.75 Å². The van der Waals surface area contributed by atoms with Crippen LogP contribution in [-0.4, -0.2) is 11.7 Å². The van der Waals surface area contributed by atoms with Gasteiger partial charge in [0.2, 0.25) is 0 Å². The second-order valence-corrected chi connectivity index (χ2v) is 10.2. The maximum absolute atomic E-state index is 9.75. The summed E-state index contributed by atoms with van der Waals surface area (Å²) in [7, 11) is 0. The summed E-state index contributed by atoms with van der Waals surface area (Å²) in [5.41, 5.74) is 1.06. The van der Waals surface area contributed by atoms with Gasteiger partial charge in [-0.1, -0.05) is 142 Å². The first-order valence-electron chi connectivity index (χ1n) is 14.6. The molecule has 0 aromatic heterocycles. The van der Waals surface area contributed by atoms with Crippen molar-refractivity contribution in [1.29, 1.82) is 0 Å². The number of phenols is 1. The van der Waals surface area contributed by atoms with Crippen molar-refractivity contribution < 1.29 is 9.84 Å². The Balaban J connectivity index is 2.25. The fourth-order valence-electron chi connectivity index (χ4n) is 4.95. The number of hydrogen-bond donors (Lipinski definition) is 1. The van der Waals surface area contributed by atoms with Crippen LogP contribution in [0.5, 0.6) is 5.75 Å². The molecule has 192 valence electrons. The minimum absolute atomic E-state index is 0.184. The number of ether oxygens (including phenoxy) is 1. The molecular weight excluding hydrogens is 404 g/mol. The van der Waals surface area contributed by atoms with Gasteiger partial charge in [-0.05, 0) is 37.0 Å². The average Bonchev–Trinajstić information content (AvgIpc) is 2.83. The normalized spacial score (nSPS) is 13.3. The van der Waals surface area contributed by atoms with Gasteiger partial charge in [-0.15, -0.1) is 0 Å². The van der Waals surface area contributed by atoms with Crippen molar-refractivity contribution in [2.45, 2.75) is 155 Å². The topological polar surface area (TPSA) is 29.5 Å². The predicted octanol–water partition coefficient (Wildman–Crippen LogP) is 10.5. The summed E-state index contributed by atoms with van der Waals surface area (Å²) in [4.78, 5) is 0. The van der Waals surface area contributed by atoms with E-state index in [1.165, 1.54) is 115 Å². The molecule has 2 nitrogen and oxygen atoms in total. The van der Waals surface area contributed by atoms with Crippen LogP contribution in [0.1, 0.15) is 155 Å². The Morgan fingerprint density at radius 2 is 0.970 bits per heavy atom. The Kier molecular flexibility index (Phi) is 18.5. The molecule has 0 bridgehead atoms. The van der Waals surface area contributed by atoms with Crippen LogP contribution in [0.15, 0.2) is 24.3 Å². The lowest BCUT2D eigenvalue weighted by atomic mass is 9.83. The van der Waals surface area contributed by atoms with Crippen molar-refractivity contribution >= 4 is 0 Å². The minimum atomic E-state index is -0.184. The van der Waals surface area contributed by atoms with E-state index in [2.05, 4.69) is 32.9 Å². The number of benzene rings is 1. The molecule has 0 saturated heterocycles. The number of aromatic hydroxyl groups is 1. The maximum Gasteiger partial charge on any atom is 0.115 e. The SMILES string of the molecule is CCCCCCCCCCCCCCCCCC(CCCC)(OCCC)c1ccc(O)cc1. The van der Waals surface area contributed by atoms with E-state index in [-0.39, 0.29) is 5.60 Å². The van der Waals surface area contributed by atoms with Crippen LogP contribution >= 0.6 is 0 Å². The zero-order valence-electron chi connectivity index (χ0n) is 22.5. The van der Waals surface area contributed by atoms with Crippen molar-refractivity contribution in [3.8, 4) is 5.75 Å². The second kappa shape index (κ2) is 20.4. The summed E-state index contributed by atoms with van der Waals surface area (Å²) >= 11 is 0. The highest BCUT2D eigenvalue weighted by Gasteiger charge is 2.32. The van der Waals surface area contributed by atoms with Gasteiger partial charge < -0.3 is 9.84 Å². The molecule has 33 heavy (non-hydrogen) atoms. The highest BCUT2D eigenvalue weighted by molar-refractivity contribution is 5.30. The molecule has 0 amide bonds. The van der Waals surface area contributed by atoms with Gasteiger partial charge in [0.1, 0.15) is 5.75 Å². The molecule has 1 rings (SSSR count). The first kappa shape index (κ1) is 30.0. The average molecular weight is 461 g/mol. The Morgan fingerprint density at radius 1 is 0.545 bits per heavy atom. The minimum Gasteiger partial charge on any atom is -0.508 e. The molecule has 0 heterocycles. The molecule has 1 unspecified atom stereocenters. The Labute approximate surface area is 206 Å². The molecular formula is C31H56O2. The molecule has 2 heteroatoms. The molecule has 0 aliphatic heterocycles. The zero-order chi connectivity index (χ0) is 24.0. The second-order valence-electron chi connectivity index (χ2n) is 10.2. The third kappa shape index (κ3) is 14.1. The Hall–Kier alpha value is -1.02. The van der Waals surface area contributed by atoms with Gasteiger partial charge in [0, 0.05) is 6.61 Å². The first-order chi connectivity index (χ1) is 16.2. The standard InChI is InChI=1S/C31H56O2/c1-4-7-9-10-11-12-13-14-15-16-17-18-19-20-21-27-31(26-8-5-2,33-28-6-3)29-22-24-30(32)25-23-29/h22-25,32H,4-21,26-28H2,1-3H3. The van der Waals surface area contributed by atoms with Crippen LogP contribution in [0.25, 0.3) is 0 Å². The van der Waals surface area contributed by atoms with Crippen molar-refractivity contribution in [2.75, 3.05) is 6.61 Å². The van der Waals surface area contributed by atoms with Gasteiger partial charge in [0.15, 0.2) is 0 Å². The summed E-state index contributed by atoms with van der Waals surface area (Å²) in [6.07, 6.45) is 26.6. The molecule has 0 saturated carbocycles. The molecule has 0 aliphatic rings. The summed E-state index contributed by atoms with van der Waals surface area (Å²) < 4.78 is 6.54. The molecule has 0 fully saturated rings. The monoisotopic (exact) mass is 460 g/mol. The first-order valence-corrected chi connectivity index (χ1v) is 14.6. The molecule has 1 aromatic carbocycles. The van der Waals surface area contributed by atoms with Crippen molar-refractivity contribution in [3.63, 3.8) is 0 Å². The van der Waals surface area contributed by atoms with Crippen LogP contribution in [0.2, 0.25) is 0 Å². The van der Waals surface area contributed by atoms with Gasteiger partial charge >= 0.3 is 0 Å². The Morgan fingerprint density at radius 3 is 1.42 bits per heavy atom. The molecule has 1 aromatic rings. The highest BCUT2D eigenvalue weighted by atomic mass is 16.5. The van der Waals surface area contributed by atoms with Gasteiger partial charge in [-0.3, -0.25) is 0 Å². The van der Waals surface area contributed by atoms with Crippen molar-refractivity contribution in [3.05, 3.63) is 29.8 Å². The van der Waals surface area contributed by atoms with Gasteiger partial charge in [-0.2, -0.15) is 0 Å². The van der Waals surface area contributed by atoms with Crippen molar-refractivity contribution in [1.82, 2.24) is 0 Å². The van der Waals surface area contributed by atoms with Crippen LogP contribution < -0.4 is 0 Å². The molecule has 0 aliphatic carbocycles. The van der Waals surface area contributed by atoms with Crippen LogP contribution in [-0.2, 0) is 10.3 Å². The number of rotatable bonds is 23. The van der Waals surface area contributed by atoms with Crippen LogP contribution in [0, 0.1) is 0 Å². The van der Waals surface area contributed by atoms with E-state index in [0.717, 1.165) is 25.9 Å². The summed E-state index contributed by atoms with van der Waals surface area (Å²) in [6, 6.07) is 7.79. The predicted molar refractivity (Wildman–Crippen MR) is 145 cm³/mol. The smallest absolute Gasteiger partial charge is 0.115 e. The van der Waals surface area contributed by atoms with E-state index < -0.39 is 0 Å². The summed E-state index contributed by atoms with van der Waals surface area (Å²) in [5.74, 6) is 0.339. The lowest BCUT2D eigenvalue weighted by Gasteiger charge is -2.35. The number of hydrogen-bond acceptors (Lipinski definition) is 2. The van der Waals surface area contributed by atoms with Gasteiger partial charge in [0.05, 0.1) is 5.60 Å². The fraction of sp³-hybridized carbons (Fsp3) is 0.806. The maximum atomic E-state index is 9.75. The molecule has 0 radical (unpaired) electrons. The zero-order valence-corrected chi connectivity index (χ0v) is 22.5. The van der Waals surface area contributed by atoms with E-state index in [1.54, 1.807) is 0 Å². The number of phenolic OH excluding ortho intramolecular Hbond substituents is 1. The molecule has 0 spiro atoms. The van der Waals surface area contributed by atoms with Crippen molar-refractivity contribution in [2.24, 2.45) is 0 Å². The van der Waals surface area contributed by atoms with Gasteiger partial charge in [-0.25, -0.2) is 0 Å². The van der Waals surface area contributed by atoms with Crippen LogP contribution in [0.4, 0.5) is 0 Å². The van der Waals surface area contributed by atoms with E-state index in [1.807, 2.05) is 12.1 Å². The fourth-order valence-corrected chi connectivity index (χ4v) is 4.95. The van der Waals surface area contributed by atoms with Gasteiger partial charge in [0.25, 0.3) is 0 Å². The quantitative estimate of drug-likeness (QED) is 0.165. The van der Waals surface area contributed by atoms with E-state index in [4.69, 9.17) is 4.74 Å². The van der Waals surface area contributed by atoms with Crippen LogP contribution in [0.3, 0.4) is 0 Å². The molecule has 1 atom stereocenters. The third-order valence-corrected chi connectivity index (χ3v) is 7.09. The highest BCUT2D eigenvalue weighted by Crippen LogP contribution is 2.38. The summed E-state index contributed by atoms with van der Waals surface area (Å²) in [5, 5.41) is 9.75. The largest absolute Gasteiger partial charge is 0.508 e. The Bertz CT molecular complexity index is 528. The van der Waals surface area contributed by atoms with E-state index in [9.17, 15) is 5.11 Å². The number of unbranched alkanes of at least 4 members (excludes halogenated alkanes) is 15. The third-order valence-electron chi connectivity index (χ3n) is 7.09. The lowest BCUT2D eigenvalue weighted by molar-refractivity contribution is -0.0662. The van der Waals surface area contributed by atoms with E-state index >= 15 is 0 Å². The summed E-state index contributed by atoms with van der Waals surface area (Å²) in [6.45, 7) is 7.55. The lowest BCUT2D eigenvalue weighted by Crippen LogP contribution is -2.30. The molecule has 1 N–H and O–H groups in total.